The van der Waals surface area contributed by atoms with E-state index in [0.29, 0.717) is 25.7 Å². The Morgan fingerprint density at radius 1 is 0.974 bits per heavy atom. The van der Waals surface area contributed by atoms with E-state index in [1.54, 1.807) is 18.6 Å². The number of hydrogen-bond acceptors (Lipinski definition) is 9. The first-order valence-electron chi connectivity index (χ1n) is 14.4. The van der Waals surface area contributed by atoms with Gasteiger partial charge in [0.15, 0.2) is 11.9 Å². The molecule has 3 aliphatic carbocycles. The molecule has 8 rings (SSSR count). The van der Waals surface area contributed by atoms with E-state index in [4.69, 9.17) is 23.4 Å². The SMILES string of the molecule is CC1(C)O[C@H]2C3(CCCC3)C(=O)OC[C@]23[C@H]1C(=O)[C@@H](O)[C@]1(C)[C@H]3CC[C@@]2(C)[C@H](c3ccoc3)OC(=O)[C@H]3O[C@]312. The zero-order valence-electron chi connectivity index (χ0n) is 22.9. The Kier molecular flexibility index (Phi) is 4.39. The lowest BCUT2D eigenvalue weighted by molar-refractivity contribution is -0.264. The van der Waals surface area contributed by atoms with Crippen LogP contribution in [0.2, 0.25) is 0 Å². The van der Waals surface area contributed by atoms with Crippen molar-refractivity contribution in [2.75, 3.05) is 6.61 Å². The minimum atomic E-state index is -1.38. The number of carbonyl (C=O) groups excluding carboxylic acids is 3. The highest BCUT2D eigenvalue weighted by Gasteiger charge is 2.91. The van der Waals surface area contributed by atoms with E-state index < -0.39 is 69.2 Å². The molecular formula is C30H36O9. The van der Waals surface area contributed by atoms with Crippen molar-refractivity contribution in [1.82, 2.24) is 0 Å². The molecule has 0 radical (unpaired) electrons. The number of epoxide rings is 1. The van der Waals surface area contributed by atoms with Gasteiger partial charge in [0.1, 0.15) is 24.4 Å². The highest BCUT2D eigenvalue weighted by Crippen LogP contribution is 2.81. The lowest BCUT2D eigenvalue weighted by atomic mass is 9.35. The lowest BCUT2D eigenvalue weighted by Crippen LogP contribution is -2.77. The summed E-state index contributed by atoms with van der Waals surface area (Å²) >= 11 is 0. The number of aliphatic hydroxyl groups excluding tert-OH is 1. The van der Waals surface area contributed by atoms with Crippen molar-refractivity contribution in [3.63, 3.8) is 0 Å². The van der Waals surface area contributed by atoms with Gasteiger partial charge in [0.2, 0.25) is 0 Å². The van der Waals surface area contributed by atoms with Gasteiger partial charge in [-0.05, 0) is 51.5 Å². The second-order valence-electron chi connectivity index (χ2n) is 14.3. The topological polar surface area (TPSA) is 125 Å². The maximum atomic E-state index is 14.5. The van der Waals surface area contributed by atoms with Crippen LogP contribution in [0.25, 0.3) is 0 Å². The van der Waals surface area contributed by atoms with E-state index in [2.05, 4.69) is 0 Å². The molecule has 39 heavy (non-hydrogen) atoms. The molecule has 7 aliphatic rings. The number of rotatable bonds is 1. The van der Waals surface area contributed by atoms with Gasteiger partial charge in [-0.2, -0.15) is 0 Å². The second kappa shape index (κ2) is 6.97. The number of ether oxygens (including phenoxy) is 4. The molecule has 0 unspecified atom stereocenters. The number of furan rings is 1. The van der Waals surface area contributed by atoms with E-state index in [-0.39, 0.29) is 24.3 Å². The van der Waals surface area contributed by atoms with Crippen LogP contribution in [0.5, 0.6) is 0 Å². The van der Waals surface area contributed by atoms with Crippen LogP contribution in [0.15, 0.2) is 23.0 Å². The van der Waals surface area contributed by atoms with Crippen molar-refractivity contribution in [3.05, 3.63) is 24.2 Å². The molecule has 3 saturated carbocycles. The molecule has 0 amide bonds. The van der Waals surface area contributed by atoms with E-state index in [1.165, 1.54) is 0 Å². The number of aliphatic hydroxyl groups is 1. The van der Waals surface area contributed by atoms with Crippen LogP contribution in [-0.4, -0.2) is 58.9 Å². The average molecular weight is 541 g/mol. The summed E-state index contributed by atoms with van der Waals surface area (Å²) in [7, 11) is 0. The maximum absolute atomic E-state index is 14.5. The Morgan fingerprint density at radius 3 is 2.41 bits per heavy atom. The molecule has 1 aromatic heterocycles. The van der Waals surface area contributed by atoms with Gasteiger partial charge in [0.05, 0.1) is 35.6 Å². The number of hydrogen-bond donors (Lipinski definition) is 1. The standard InChI is InChI=1S/C30H36O9/c1-25(2)18-17(31)19(32)27(4)16(29(18)14-36-24(34)28(23(29)39-25)9-5-6-10-28)7-11-26(3)20(15-8-12-35-13-15)37-22(33)21-30(26,27)38-21/h8,12-13,16,18-21,23,32H,5-7,9-11,14H2,1-4H3/t16-,18+,19-,20+,21-,23+,26+,27+,29+,30+/m1/s1. The van der Waals surface area contributed by atoms with E-state index >= 15 is 0 Å². The number of fused-ring (bicyclic) bond motifs is 2. The van der Waals surface area contributed by atoms with Crippen LogP contribution in [0.4, 0.5) is 0 Å². The summed E-state index contributed by atoms with van der Waals surface area (Å²) in [4.78, 5) is 41.3. The number of Topliss-reactive ketones (excluding diaryl/α,β-unsaturated/α-hetero) is 1. The van der Waals surface area contributed by atoms with Crippen molar-refractivity contribution in [2.24, 2.45) is 33.5 Å². The predicted octanol–water partition coefficient (Wildman–Crippen LogP) is 3.28. The van der Waals surface area contributed by atoms with E-state index in [0.717, 1.165) is 18.4 Å². The molecular weight excluding hydrogens is 504 g/mol. The molecule has 10 atom stereocenters. The molecule has 4 saturated heterocycles. The fourth-order valence-electron chi connectivity index (χ4n) is 11.3. The smallest absolute Gasteiger partial charge is 0.339 e. The number of esters is 2. The van der Waals surface area contributed by atoms with Crippen LogP contribution >= 0.6 is 0 Å². The van der Waals surface area contributed by atoms with Gasteiger partial charge in [0, 0.05) is 21.8 Å². The van der Waals surface area contributed by atoms with Gasteiger partial charge in [-0.15, -0.1) is 0 Å². The van der Waals surface area contributed by atoms with E-state index in [9.17, 15) is 19.5 Å². The first-order chi connectivity index (χ1) is 18.4. The van der Waals surface area contributed by atoms with Crippen molar-refractivity contribution in [2.45, 2.75) is 102 Å². The van der Waals surface area contributed by atoms with Crippen molar-refractivity contribution in [3.8, 4) is 0 Å². The van der Waals surface area contributed by atoms with Gasteiger partial charge in [-0.1, -0.05) is 26.7 Å². The Bertz CT molecular complexity index is 1300. The maximum Gasteiger partial charge on any atom is 0.339 e. The molecule has 7 fully saturated rings. The number of carbonyl (C=O) groups is 3. The van der Waals surface area contributed by atoms with Gasteiger partial charge in [-0.3, -0.25) is 9.59 Å². The summed E-state index contributed by atoms with van der Waals surface area (Å²) < 4.78 is 30.7. The van der Waals surface area contributed by atoms with Crippen LogP contribution < -0.4 is 0 Å². The summed E-state index contributed by atoms with van der Waals surface area (Å²) in [6.45, 7) is 7.86. The average Bonchev–Trinajstić information content (AvgIpc) is 3.20. The number of ketones is 1. The molecule has 0 bridgehead atoms. The van der Waals surface area contributed by atoms with Gasteiger partial charge < -0.3 is 28.5 Å². The largest absolute Gasteiger partial charge is 0.472 e. The fraction of sp³-hybridized carbons (Fsp3) is 0.767. The van der Waals surface area contributed by atoms with E-state index in [1.807, 2.05) is 27.7 Å². The highest BCUT2D eigenvalue weighted by atomic mass is 16.7. The molecule has 1 N–H and O–H groups in total. The molecule has 9 nitrogen and oxygen atoms in total. The minimum Gasteiger partial charge on any atom is -0.472 e. The summed E-state index contributed by atoms with van der Waals surface area (Å²) in [5, 5.41) is 12.1. The molecule has 4 aliphatic heterocycles. The summed E-state index contributed by atoms with van der Waals surface area (Å²) in [5.41, 5.74) is -4.77. The summed E-state index contributed by atoms with van der Waals surface area (Å²) in [6, 6.07) is 1.79. The normalized spacial score (nSPS) is 52.2. The molecule has 9 heteroatoms. The third-order valence-corrected chi connectivity index (χ3v) is 12.6. The monoisotopic (exact) mass is 540 g/mol. The Labute approximate surface area is 226 Å². The zero-order valence-corrected chi connectivity index (χ0v) is 22.9. The summed E-state index contributed by atoms with van der Waals surface area (Å²) in [6.07, 6.45) is 4.14. The van der Waals surface area contributed by atoms with Crippen LogP contribution in [-0.2, 0) is 33.3 Å². The predicted molar refractivity (Wildman–Crippen MR) is 132 cm³/mol. The lowest BCUT2D eigenvalue weighted by Gasteiger charge is -2.67. The van der Waals surface area contributed by atoms with Crippen molar-refractivity contribution >= 4 is 17.7 Å². The van der Waals surface area contributed by atoms with Crippen LogP contribution in [0, 0.1) is 33.5 Å². The highest BCUT2D eigenvalue weighted by molar-refractivity contribution is 5.92. The van der Waals surface area contributed by atoms with Crippen LogP contribution in [0.1, 0.15) is 77.9 Å². The van der Waals surface area contributed by atoms with Crippen molar-refractivity contribution in [1.29, 1.82) is 0 Å². The van der Waals surface area contributed by atoms with Gasteiger partial charge >= 0.3 is 11.9 Å². The van der Waals surface area contributed by atoms with Crippen LogP contribution in [0.3, 0.4) is 0 Å². The summed E-state index contributed by atoms with van der Waals surface area (Å²) in [5.74, 6) is -1.95. The Hall–Kier alpha value is -2.23. The number of cyclic esters (lactones) is 2. The fourth-order valence-corrected chi connectivity index (χ4v) is 11.3. The third-order valence-electron chi connectivity index (χ3n) is 12.6. The molecule has 5 heterocycles. The third kappa shape index (κ3) is 2.35. The van der Waals surface area contributed by atoms with Gasteiger partial charge in [0.25, 0.3) is 0 Å². The molecule has 0 aromatic carbocycles. The second-order valence-corrected chi connectivity index (χ2v) is 14.3. The van der Waals surface area contributed by atoms with Crippen molar-refractivity contribution < 1.29 is 42.9 Å². The Morgan fingerprint density at radius 2 is 1.72 bits per heavy atom. The first kappa shape index (κ1) is 24.6. The zero-order chi connectivity index (χ0) is 27.4. The van der Waals surface area contributed by atoms with Gasteiger partial charge in [-0.25, -0.2) is 4.79 Å². The minimum absolute atomic E-state index is 0.0676. The molecule has 210 valence electrons. The molecule has 1 aromatic rings. The first-order valence-corrected chi connectivity index (χ1v) is 14.4. The Balaban J connectivity index is 1.34. The molecule has 3 spiro atoms. The quantitative estimate of drug-likeness (QED) is 0.422.